The van der Waals surface area contributed by atoms with Crippen molar-refractivity contribution in [2.24, 2.45) is 5.92 Å². The van der Waals surface area contributed by atoms with E-state index < -0.39 is 0 Å². The highest BCUT2D eigenvalue weighted by Gasteiger charge is 2.39. The van der Waals surface area contributed by atoms with Gasteiger partial charge < -0.3 is 23.7 Å². The molecule has 0 unspecified atom stereocenters. The Morgan fingerprint density at radius 1 is 1.11 bits per heavy atom. The zero-order valence-corrected chi connectivity index (χ0v) is 15.4. The van der Waals surface area contributed by atoms with Crippen molar-refractivity contribution >= 4 is 11.8 Å². The molecule has 7 heteroatoms. The molecule has 2 aliphatic rings. The molecule has 0 N–H and O–H groups in total. The average molecular weight is 370 g/mol. The molecule has 2 atom stereocenters. The molecule has 3 heterocycles. The number of methoxy groups -OCH3 is 1. The fourth-order valence-electron chi connectivity index (χ4n) is 3.58. The summed E-state index contributed by atoms with van der Waals surface area (Å²) in [6.07, 6.45) is 0. The summed E-state index contributed by atoms with van der Waals surface area (Å²) in [5, 5.41) is 0. The molecule has 0 aliphatic carbocycles. The number of likely N-dealkylation sites (N-methyl/N-ethyl adjacent to an activating group) is 1. The van der Waals surface area contributed by atoms with Crippen molar-refractivity contribution in [1.29, 1.82) is 0 Å². The number of benzene rings is 1. The molecule has 4 rings (SSSR count). The number of fused-ring (bicyclic) bond motifs is 3. The molecule has 2 bridgehead atoms. The quantitative estimate of drug-likeness (QED) is 0.825. The molecule has 0 saturated carbocycles. The van der Waals surface area contributed by atoms with Crippen LogP contribution in [0.3, 0.4) is 0 Å². The van der Waals surface area contributed by atoms with Crippen LogP contribution in [0.4, 0.5) is 0 Å². The van der Waals surface area contributed by atoms with Crippen molar-refractivity contribution in [1.82, 2.24) is 9.80 Å². The average Bonchev–Trinajstić information content (AvgIpc) is 3.08. The molecular weight excluding hydrogens is 348 g/mol. The molecule has 1 aromatic heterocycles. The summed E-state index contributed by atoms with van der Waals surface area (Å²) in [7, 11) is 3.39. The Hall–Kier alpha value is -2.80. The molecular formula is C20H22N2O5. The minimum atomic E-state index is -0.331. The van der Waals surface area contributed by atoms with Crippen LogP contribution in [0.15, 0.2) is 40.8 Å². The van der Waals surface area contributed by atoms with Gasteiger partial charge in [0.25, 0.3) is 5.91 Å². The predicted molar refractivity (Wildman–Crippen MR) is 97.5 cm³/mol. The Labute approximate surface area is 157 Å². The van der Waals surface area contributed by atoms with E-state index in [1.165, 1.54) is 0 Å². The lowest BCUT2D eigenvalue weighted by Crippen LogP contribution is -2.45. The summed E-state index contributed by atoms with van der Waals surface area (Å²) in [6, 6.07) is 10.8. The summed E-state index contributed by atoms with van der Waals surface area (Å²) in [5.41, 5.74) is 0.867. The van der Waals surface area contributed by atoms with Crippen molar-refractivity contribution in [2.75, 3.05) is 40.5 Å². The van der Waals surface area contributed by atoms with Crippen LogP contribution in [0.2, 0.25) is 0 Å². The maximum Gasteiger partial charge on any atom is 0.289 e. The second-order valence-corrected chi connectivity index (χ2v) is 6.94. The lowest BCUT2D eigenvalue weighted by Gasteiger charge is -2.28. The van der Waals surface area contributed by atoms with E-state index in [1.54, 1.807) is 36.1 Å². The minimum Gasteiger partial charge on any atom is -0.497 e. The Morgan fingerprint density at radius 2 is 1.89 bits per heavy atom. The molecule has 7 nitrogen and oxygen atoms in total. The first-order valence-corrected chi connectivity index (χ1v) is 8.95. The zero-order valence-electron chi connectivity index (χ0n) is 15.4. The van der Waals surface area contributed by atoms with Gasteiger partial charge in [0.1, 0.15) is 11.5 Å². The van der Waals surface area contributed by atoms with Gasteiger partial charge in [0.15, 0.2) is 5.76 Å². The molecule has 1 aromatic carbocycles. The first-order valence-electron chi connectivity index (χ1n) is 8.95. The van der Waals surface area contributed by atoms with Crippen LogP contribution in [0.1, 0.15) is 10.6 Å². The largest absolute Gasteiger partial charge is 0.497 e. The monoisotopic (exact) mass is 370 g/mol. The fourth-order valence-corrected chi connectivity index (χ4v) is 3.58. The molecule has 2 amide bonds. The fraction of sp³-hybridized carbons (Fsp3) is 0.400. The Balaban J connectivity index is 1.54. The first kappa shape index (κ1) is 17.6. The number of ether oxygens (including phenoxy) is 2. The third-order valence-corrected chi connectivity index (χ3v) is 5.22. The predicted octanol–water partition coefficient (Wildman–Crippen LogP) is 1.88. The lowest BCUT2D eigenvalue weighted by atomic mass is 10.1. The molecule has 0 spiro atoms. The van der Waals surface area contributed by atoms with Crippen molar-refractivity contribution in [3.8, 4) is 17.1 Å². The smallest absolute Gasteiger partial charge is 0.289 e. The summed E-state index contributed by atoms with van der Waals surface area (Å²) in [6.45, 7) is 1.57. The third kappa shape index (κ3) is 3.30. The third-order valence-electron chi connectivity index (χ3n) is 5.22. The van der Waals surface area contributed by atoms with Crippen molar-refractivity contribution in [3.05, 3.63) is 42.2 Å². The van der Waals surface area contributed by atoms with Gasteiger partial charge in [-0.05, 0) is 36.4 Å². The van der Waals surface area contributed by atoms with E-state index in [0.29, 0.717) is 32.1 Å². The first-order chi connectivity index (χ1) is 13.1. The van der Waals surface area contributed by atoms with E-state index in [-0.39, 0.29) is 29.5 Å². The second kappa shape index (κ2) is 7.08. The van der Waals surface area contributed by atoms with Gasteiger partial charge in [-0.2, -0.15) is 0 Å². The molecule has 2 aliphatic heterocycles. The van der Waals surface area contributed by atoms with Crippen LogP contribution in [-0.2, 0) is 9.53 Å². The molecule has 2 saturated heterocycles. The summed E-state index contributed by atoms with van der Waals surface area (Å²) < 4.78 is 16.6. The lowest BCUT2D eigenvalue weighted by molar-refractivity contribution is -0.133. The normalized spacial score (nSPS) is 22.5. The maximum absolute atomic E-state index is 13.0. The number of furan rings is 1. The van der Waals surface area contributed by atoms with Gasteiger partial charge in [0.05, 0.1) is 32.3 Å². The van der Waals surface area contributed by atoms with E-state index in [0.717, 1.165) is 11.3 Å². The maximum atomic E-state index is 13.0. The molecule has 2 aromatic rings. The Bertz CT molecular complexity index is 844. The van der Waals surface area contributed by atoms with E-state index in [9.17, 15) is 9.59 Å². The topological polar surface area (TPSA) is 72.2 Å². The van der Waals surface area contributed by atoms with E-state index >= 15 is 0 Å². The number of nitrogens with zero attached hydrogens (tertiary/aromatic N) is 2. The Kier molecular flexibility index (Phi) is 4.61. The van der Waals surface area contributed by atoms with Crippen LogP contribution >= 0.6 is 0 Å². The summed E-state index contributed by atoms with van der Waals surface area (Å²) in [4.78, 5) is 28.8. The van der Waals surface area contributed by atoms with Crippen molar-refractivity contribution in [3.63, 3.8) is 0 Å². The standard InChI is InChI=1S/C20H22N2O5/c1-21-15-10-22(9-14(19(21)23)11-26-12-15)20(24)18-8-7-17(27-18)13-3-5-16(25-2)6-4-13/h3-8,14-15H,9-12H2,1-2H3/t14-,15+/m1/s1. The molecule has 0 radical (unpaired) electrons. The number of rotatable bonds is 3. The number of amides is 2. The van der Waals surface area contributed by atoms with Gasteiger partial charge in [0.2, 0.25) is 5.91 Å². The van der Waals surface area contributed by atoms with Crippen molar-refractivity contribution < 1.29 is 23.5 Å². The highest BCUT2D eigenvalue weighted by molar-refractivity contribution is 5.93. The number of hydrogen-bond acceptors (Lipinski definition) is 5. The summed E-state index contributed by atoms with van der Waals surface area (Å²) >= 11 is 0. The van der Waals surface area contributed by atoms with Gasteiger partial charge in [-0.15, -0.1) is 0 Å². The van der Waals surface area contributed by atoms with Gasteiger partial charge >= 0.3 is 0 Å². The zero-order chi connectivity index (χ0) is 19.0. The van der Waals surface area contributed by atoms with Gasteiger partial charge in [0, 0.05) is 25.7 Å². The van der Waals surface area contributed by atoms with Crippen LogP contribution in [-0.4, -0.2) is 68.1 Å². The highest BCUT2D eigenvalue weighted by atomic mass is 16.5. The minimum absolute atomic E-state index is 0.0335. The van der Waals surface area contributed by atoms with Crippen LogP contribution < -0.4 is 4.74 Å². The molecule has 27 heavy (non-hydrogen) atoms. The van der Waals surface area contributed by atoms with E-state index in [1.807, 2.05) is 24.3 Å². The highest BCUT2D eigenvalue weighted by Crippen LogP contribution is 2.26. The Morgan fingerprint density at radius 3 is 2.63 bits per heavy atom. The van der Waals surface area contributed by atoms with Crippen LogP contribution in [0.25, 0.3) is 11.3 Å². The van der Waals surface area contributed by atoms with Crippen molar-refractivity contribution in [2.45, 2.75) is 6.04 Å². The molecule has 2 fully saturated rings. The van der Waals surface area contributed by atoms with Gasteiger partial charge in [-0.25, -0.2) is 0 Å². The van der Waals surface area contributed by atoms with Gasteiger partial charge in [-0.1, -0.05) is 0 Å². The summed E-state index contributed by atoms with van der Waals surface area (Å²) in [5.74, 6) is 1.15. The molecule has 142 valence electrons. The number of carbonyl (C=O) groups excluding carboxylic acids is 2. The van der Waals surface area contributed by atoms with Crippen LogP contribution in [0, 0.1) is 5.92 Å². The number of hydrogen-bond donors (Lipinski definition) is 0. The second-order valence-electron chi connectivity index (χ2n) is 6.94. The van der Waals surface area contributed by atoms with E-state index in [2.05, 4.69) is 0 Å². The SMILES string of the molecule is COc1ccc(-c2ccc(C(=O)N3C[C@@H]4COC[C@H](C3)N(C)C4=O)o2)cc1. The number of carbonyl (C=O) groups is 2. The van der Waals surface area contributed by atoms with Gasteiger partial charge in [-0.3, -0.25) is 9.59 Å². The van der Waals surface area contributed by atoms with Crippen LogP contribution in [0.5, 0.6) is 5.75 Å². The van der Waals surface area contributed by atoms with E-state index in [4.69, 9.17) is 13.9 Å².